The monoisotopic (exact) mass is 413 g/mol. The number of carbonyl (C=O) groups is 1. The van der Waals surface area contributed by atoms with Crippen LogP contribution in [-0.2, 0) is 21.5 Å². The first kappa shape index (κ1) is 22.7. The van der Waals surface area contributed by atoms with Gasteiger partial charge in [0.25, 0.3) is 16.7 Å². The number of piperidine rings is 2. The molecule has 0 aromatic carbocycles. The molecule has 28 heavy (non-hydrogen) atoms. The van der Waals surface area contributed by atoms with Crippen LogP contribution in [0.5, 0.6) is 0 Å². The van der Waals surface area contributed by atoms with Gasteiger partial charge in [-0.1, -0.05) is 0 Å². The summed E-state index contributed by atoms with van der Waals surface area (Å²) in [6, 6.07) is 0. The molecule has 0 saturated carbocycles. The van der Waals surface area contributed by atoms with Gasteiger partial charge in [-0.15, -0.1) is 0 Å². The Labute approximate surface area is 167 Å². The molecule has 0 radical (unpaired) electrons. The minimum atomic E-state index is -3.25. The fourth-order valence-corrected chi connectivity index (χ4v) is 5.20. The Kier molecular flexibility index (Phi) is 8.74. The molecule has 9 nitrogen and oxygen atoms in total. The third-order valence-corrected chi connectivity index (χ3v) is 7.55. The summed E-state index contributed by atoms with van der Waals surface area (Å²) in [5.74, 6) is 1.39. The van der Waals surface area contributed by atoms with Crippen molar-refractivity contribution < 1.29 is 18.3 Å². The van der Waals surface area contributed by atoms with E-state index >= 15 is 0 Å². The molecule has 10 heteroatoms. The van der Waals surface area contributed by atoms with Crippen molar-refractivity contribution >= 4 is 16.7 Å². The van der Waals surface area contributed by atoms with E-state index in [1.54, 1.807) is 24.7 Å². The Morgan fingerprint density at radius 1 is 1.07 bits per heavy atom. The van der Waals surface area contributed by atoms with Crippen molar-refractivity contribution in [3.63, 3.8) is 0 Å². The van der Waals surface area contributed by atoms with Gasteiger partial charge in [0.15, 0.2) is 0 Å². The van der Waals surface area contributed by atoms with Crippen molar-refractivity contribution in [3.8, 4) is 0 Å². The maximum atomic E-state index is 12.2. The summed E-state index contributed by atoms with van der Waals surface area (Å²) in [4.78, 5) is 19.0. The van der Waals surface area contributed by atoms with Crippen LogP contribution >= 0.6 is 0 Å². The topological polar surface area (TPSA) is 107 Å². The van der Waals surface area contributed by atoms with Gasteiger partial charge in [-0.05, 0) is 50.6 Å². The molecule has 0 spiro atoms. The lowest BCUT2D eigenvalue weighted by Crippen LogP contribution is -2.46. The van der Waals surface area contributed by atoms with Crippen molar-refractivity contribution in [2.45, 2.75) is 32.2 Å². The van der Waals surface area contributed by atoms with E-state index in [2.05, 4.69) is 14.9 Å². The summed E-state index contributed by atoms with van der Waals surface area (Å²) < 4.78 is 27.4. The third-order valence-electron chi connectivity index (χ3n) is 5.61. The molecule has 1 aromatic rings. The second-order valence-electron chi connectivity index (χ2n) is 7.49. The standard InChI is InChI=1S/C17H29N5O2S.CH2O2/c1-20(2)25(23,24)22-9-5-17(6-10-22)16-3-7-21(8-4-16)13-15-11-18-14-19-12-15;2-1-3/h11-12,14,16-17H,3-10,13H2,1-2H3;1H,(H,2,3). The molecule has 2 aliphatic heterocycles. The first-order chi connectivity index (χ1) is 13.4. The molecule has 158 valence electrons. The van der Waals surface area contributed by atoms with Gasteiger partial charge in [-0.2, -0.15) is 17.0 Å². The minimum absolute atomic E-state index is 0.250. The lowest BCUT2D eigenvalue weighted by Gasteiger charge is -2.40. The van der Waals surface area contributed by atoms with E-state index in [-0.39, 0.29) is 6.47 Å². The maximum Gasteiger partial charge on any atom is 0.290 e. The molecule has 0 aliphatic carbocycles. The van der Waals surface area contributed by atoms with E-state index in [1.165, 1.54) is 22.7 Å². The molecule has 3 rings (SSSR count). The van der Waals surface area contributed by atoms with Gasteiger partial charge in [-0.25, -0.2) is 9.97 Å². The van der Waals surface area contributed by atoms with Gasteiger partial charge >= 0.3 is 0 Å². The summed E-state index contributed by atoms with van der Waals surface area (Å²) in [7, 11) is -0.0387. The van der Waals surface area contributed by atoms with Gasteiger partial charge < -0.3 is 5.11 Å². The van der Waals surface area contributed by atoms with Gasteiger partial charge in [0.1, 0.15) is 6.33 Å². The van der Waals surface area contributed by atoms with Gasteiger partial charge in [-0.3, -0.25) is 9.69 Å². The minimum Gasteiger partial charge on any atom is -0.483 e. The van der Waals surface area contributed by atoms with Gasteiger partial charge in [0.05, 0.1) is 0 Å². The number of carboxylic acid groups (broad SMARTS) is 1. The van der Waals surface area contributed by atoms with Crippen molar-refractivity contribution in [1.82, 2.24) is 23.5 Å². The van der Waals surface area contributed by atoms with E-state index < -0.39 is 10.2 Å². The molecular weight excluding hydrogens is 382 g/mol. The predicted molar refractivity (Wildman–Crippen MR) is 106 cm³/mol. The van der Waals surface area contributed by atoms with Gasteiger partial charge in [0, 0.05) is 51.7 Å². The van der Waals surface area contributed by atoms with Crippen LogP contribution in [0.15, 0.2) is 18.7 Å². The Hall–Kier alpha value is -1.62. The highest BCUT2D eigenvalue weighted by Crippen LogP contribution is 2.33. The fourth-order valence-electron chi connectivity index (χ4n) is 4.06. The average Bonchev–Trinajstić information content (AvgIpc) is 2.70. The number of aromatic nitrogens is 2. The zero-order chi connectivity index (χ0) is 20.6. The van der Waals surface area contributed by atoms with E-state index in [1.807, 2.05) is 12.4 Å². The summed E-state index contributed by atoms with van der Waals surface area (Å²) in [6.45, 7) is 4.21. The zero-order valence-corrected chi connectivity index (χ0v) is 17.5. The van der Waals surface area contributed by atoms with Crippen LogP contribution in [0, 0.1) is 11.8 Å². The largest absolute Gasteiger partial charge is 0.483 e. The lowest BCUT2D eigenvalue weighted by atomic mass is 9.79. The van der Waals surface area contributed by atoms with E-state index in [9.17, 15) is 8.42 Å². The Balaban J connectivity index is 0.000000878. The molecule has 0 atom stereocenters. The number of rotatable bonds is 5. The highest BCUT2D eigenvalue weighted by molar-refractivity contribution is 7.86. The maximum absolute atomic E-state index is 12.2. The summed E-state index contributed by atoms with van der Waals surface area (Å²) in [5, 5.41) is 6.89. The summed E-state index contributed by atoms with van der Waals surface area (Å²) >= 11 is 0. The number of hydrogen-bond donors (Lipinski definition) is 1. The lowest BCUT2D eigenvalue weighted by molar-refractivity contribution is -0.122. The summed E-state index contributed by atoms with van der Waals surface area (Å²) in [5.41, 5.74) is 1.17. The average molecular weight is 414 g/mol. The zero-order valence-electron chi connectivity index (χ0n) is 16.6. The summed E-state index contributed by atoms with van der Waals surface area (Å²) in [6.07, 6.45) is 9.74. The molecule has 3 heterocycles. The quantitative estimate of drug-likeness (QED) is 0.715. The Bertz CT molecular complexity index is 685. The number of nitrogens with zero attached hydrogens (tertiary/aromatic N) is 5. The molecule has 2 saturated heterocycles. The van der Waals surface area contributed by atoms with E-state index in [0.717, 1.165) is 38.4 Å². The predicted octanol–water partition coefficient (Wildman–Crippen LogP) is 0.908. The Morgan fingerprint density at radius 2 is 1.54 bits per heavy atom. The molecule has 0 bridgehead atoms. The second-order valence-corrected chi connectivity index (χ2v) is 9.63. The molecule has 1 N–H and O–H groups in total. The first-order valence-electron chi connectivity index (χ1n) is 9.60. The Morgan fingerprint density at radius 3 is 2.00 bits per heavy atom. The van der Waals surface area contributed by atoms with Crippen molar-refractivity contribution in [1.29, 1.82) is 0 Å². The van der Waals surface area contributed by atoms with Crippen LogP contribution in [0.4, 0.5) is 0 Å². The smallest absolute Gasteiger partial charge is 0.290 e. The molecule has 0 unspecified atom stereocenters. The molecule has 2 aliphatic rings. The van der Waals surface area contributed by atoms with E-state index in [0.29, 0.717) is 19.0 Å². The first-order valence-corrected chi connectivity index (χ1v) is 11.0. The van der Waals surface area contributed by atoms with Crippen LogP contribution in [0.3, 0.4) is 0 Å². The number of likely N-dealkylation sites (tertiary alicyclic amines) is 1. The fraction of sp³-hybridized carbons (Fsp3) is 0.722. The molecule has 0 amide bonds. The molecular formula is C18H31N5O4S. The normalized spacial score (nSPS) is 20.5. The SMILES string of the molecule is CN(C)S(=O)(=O)N1CCC(C2CCN(Cc3cncnc3)CC2)CC1.O=CO. The van der Waals surface area contributed by atoms with Crippen LogP contribution in [0.2, 0.25) is 0 Å². The van der Waals surface area contributed by atoms with Crippen molar-refractivity contribution in [2.75, 3.05) is 40.3 Å². The van der Waals surface area contributed by atoms with Crippen LogP contribution in [0.25, 0.3) is 0 Å². The number of hydrogen-bond acceptors (Lipinski definition) is 6. The highest BCUT2D eigenvalue weighted by Gasteiger charge is 2.33. The molecule has 2 fully saturated rings. The highest BCUT2D eigenvalue weighted by atomic mass is 32.2. The van der Waals surface area contributed by atoms with Crippen LogP contribution < -0.4 is 0 Å². The van der Waals surface area contributed by atoms with Crippen LogP contribution in [0.1, 0.15) is 31.2 Å². The molecule has 1 aromatic heterocycles. The van der Waals surface area contributed by atoms with Crippen molar-refractivity contribution in [3.05, 3.63) is 24.3 Å². The van der Waals surface area contributed by atoms with Crippen LogP contribution in [-0.4, -0.2) is 83.7 Å². The second kappa shape index (κ2) is 10.8. The van der Waals surface area contributed by atoms with Crippen molar-refractivity contribution in [2.24, 2.45) is 11.8 Å². The van der Waals surface area contributed by atoms with Gasteiger partial charge in [0.2, 0.25) is 0 Å². The third kappa shape index (κ3) is 6.20. The van der Waals surface area contributed by atoms with E-state index in [4.69, 9.17) is 9.90 Å².